The van der Waals surface area contributed by atoms with Gasteiger partial charge < -0.3 is 4.74 Å². The normalized spacial score (nSPS) is 10.8. The van der Waals surface area contributed by atoms with Gasteiger partial charge in [-0.3, -0.25) is 0 Å². The first-order valence-corrected chi connectivity index (χ1v) is 7.91. The number of hydrogen-bond donors (Lipinski definition) is 0. The van der Waals surface area contributed by atoms with Gasteiger partial charge in [0.2, 0.25) is 0 Å². The Hall–Kier alpha value is -1.02. The summed E-state index contributed by atoms with van der Waals surface area (Å²) in [7, 11) is 0. The number of halogens is 1. The lowest BCUT2D eigenvalue weighted by atomic mass is 10.1. The predicted octanol–water partition coefficient (Wildman–Crippen LogP) is 5.95. The van der Waals surface area contributed by atoms with E-state index < -0.39 is 0 Å². The van der Waals surface area contributed by atoms with Crippen LogP contribution in [0, 0.1) is 0 Å². The fraction of sp³-hybridized carbons (Fsp3) is 0.412. The van der Waals surface area contributed by atoms with Crippen LogP contribution in [0.5, 0.6) is 5.75 Å². The molecule has 0 amide bonds. The molecule has 0 unspecified atom stereocenters. The molecule has 0 saturated heterocycles. The van der Waals surface area contributed by atoms with Gasteiger partial charge in [0, 0.05) is 4.47 Å². The summed E-state index contributed by atoms with van der Waals surface area (Å²) < 4.78 is 6.95. The van der Waals surface area contributed by atoms with Gasteiger partial charge in [-0.2, -0.15) is 0 Å². The van der Waals surface area contributed by atoms with E-state index in [-0.39, 0.29) is 0 Å². The largest absolute Gasteiger partial charge is 0.494 e. The molecule has 0 aliphatic rings. The Labute approximate surface area is 124 Å². The molecular weight excluding hydrogens is 300 g/mol. The summed E-state index contributed by atoms with van der Waals surface area (Å²) in [5.41, 5.74) is 0. The number of unbranched alkanes of at least 4 members (excludes halogenated alkanes) is 4. The molecule has 0 radical (unpaired) electrons. The Bertz CT molecular complexity index is 522. The second-order valence-corrected chi connectivity index (χ2v) is 5.74. The summed E-state index contributed by atoms with van der Waals surface area (Å²) in [6.45, 7) is 3.06. The lowest BCUT2D eigenvalue weighted by molar-refractivity contribution is 0.305. The predicted molar refractivity (Wildman–Crippen MR) is 85.9 cm³/mol. The lowest BCUT2D eigenvalue weighted by Crippen LogP contribution is -1.97. The standard InChI is InChI=1S/C17H21BrO/c1-2-3-4-5-6-12-19-15-11-10-14-8-7-9-17(18)16(14)13-15/h7-11,13H,2-6,12H2,1H3. The van der Waals surface area contributed by atoms with Crippen LogP contribution in [0.1, 0.15) is 39.0 Å². The number of ether oxygens (including phenoxy) is 1. The molecule has 0 N–H and O–H groups in total. The Morgan fingerprint density at radius 2 is 1.84 bits per heavy atom. The molecule has 2 aromatic rings. The number of hydrogen-bond acceptors (Lipinski definition) is 1. The number of rotatable bonds is 7. The molecule has 0 fully saturated rings. The van der Waals surface area contributed by atoms with Crippen LogP contribution in [0.25, 0.3) is 10.8 Å². The number of fused-ring (bicyclic) bond motifs is 1. The third-order valence-corrected chi connectivity index (χ3v) is 4.01. The maximum atomic E-state index is 5.83. The summed E-state index contributed by atoms with van der Waals surface area (Å²) >= 11 is 3.59. The molecule has 0 aliphatic heterocycles. The molecule has 1 nitrogen and oxygen atoms in total. The molecule has 2 heteroatoms. The maximum Gasteiger partial charge on any atom is 0.119 e. The summed E-state index contributed by atoms with van der Waals surface area (Å²) in [5, 5.41) is 2.45. The van der Waals surface area contributed by atoms with Crippen LogP contribution >= 0.6 is 15.9 Å². The topological polar surface area (TPSA) is 9.23 Å². The fourth-order valence-electron chi connectivity index (χ4n) is 2.20. The Morgan fingerprint density at radius 1 is 1.00 bits per heavy atom. The zero-order chi connectivity index (χ0) is 13.5. The average molecular weight is 321 g/mol. The van der Waals surface area contributed by atoms with Crippen molar-refractivity contribution in [3.8, 4) is 5.75 Å². The van der Waals surface area contributed by atoms with Gasteiger partial charge in [0.1, 0.15) is 5.75 Å². The molecule has 102 valence electrons. The third-order valence-electron chi connectivity index (χ3n) is 3.32. The minimum Gasteiger partial charge on any atom is -0.494 e. The van der Waals surface area contributed by atoms with E-state index in [2.05, 4.69) is 59.3 Å². The first-order chi connectivity index (χ1) is 9.31. The molecule has 0 aromatic heterocycles. The van der Waals surface area contributed by atoms with Gasteiger partial charge in [-0.1, -0.05) is 66.7 Å². The van der Waals surface area contributed by atoms with Crippen LogP contribution in [0.15, 0.2) is 40.9 Å². The molecule has 19 heavy (non-hydrogen) atoms. The lowest BCUT2D eigenvalue weighted by Gasteiger charge is -2.08. The van der Waals surface area contributed by atoms with Crippen molar-refractivity contribution >= 4 is 26.7 Å². The number of benzene rings is 2. The van der Waals surface area contributed by atoms with Crippen molar-refractivity contribution in [1.82, 2.24) is 0 Å². The molecular formula is C17H21BrO. The highest BCUT2D eigenvalue weighted by molar-refractivity contribution is 9.10. The van der Waals surface area contributed by atoms with E-state index in [4.69, 9.17) is 4.74 Å². The van der Waals surface area contributed by atoms with Crippen molar-refractivity contribution in [3.05, 3.63) is 40.9 Å². The van der Waals surface area contributed by atoms with Crippen LogP contribution in [0.3, 0.4) is 0 Å². The van der Waals surface area contributed by atoms with Gasteiger partial charge in [-0.25, -0.2) is 0 Å². The molecule has 0 bridgehead atoms. The first-order valence-electron chi connectivity index (χ1n) is 7.12. The summed E-state index contributed by atoms with van der Waals surface area (Å²) in [4.78, 5) is 0. The Kier molecular flexibility index (Phi) is 5.71. The van der Waals surface area contributed by atoms with Gasteiger partial charge in [-0.05, 0) is 35.4 Å². The zero-order valence-corrected chi connectivity index (χ0v) is 13.1. The molecule has 0 atom stereocenters. The van der Waals surface area contributed by atoms with Crippen molar-refractivity contribution in [2.45, 2.75) is 39.0 Å². The van der Waals surface area contributed by atoms with Crippen LogP contribution in [0.4, 0.5) is 0 Å². The molecule has 0 heterocycles. The molecule has 0 spiro atoms. The van der Waals surface area contributed by atoms with E-state index in [1.165, 1.54) is 36.5 Å². The third kappa shape index (κ3) is 4.24. The Morgan fingerprint density at radius 3 is 2.68 bits per heavy atom. The zero-order valence-electron chi connectivity index (χ0n) is 11.5. The van der Waals surface area contributed by atoms with E-state index in [0.29, 0.717) is 0 Å². The first kappa shape index (κ1) is 14.4. The van der Waals surface area contributed by atoms with Gasteiger partial charge >= 0.3 is 0 Å². The smallest absolute Gasteiger partial charge is 0.119 e. The summed E-state index contributed by atoms with van der Waals surface area (Å²) in [6.07, 6.45) is 6.37. The highest BCUT2D eigenvalue weighted by Crippen LogP contribution is 2.27. The van der Waals surface area contributed by atoms with Crippen molar-refractivity contribution < 1.29 is 4.74 Å². The second-order valence-electron chi connectivity index (χ2n) is 4.89. The van der Waals surface area contributed by atoms with Gasteiger partial charge in [0.25, 0.3) is 0 Å². The van der Waals surface area contributed by atoms with Crippen molar-refractivity contribution in [2.75, 3.05) is 6.61 Å². The fourth-order valence-corrected chi connectivity index (χ4v) is 2.70. The van der Waals surface area contributed by atoms with Gasteiger partial charge in [-0.15, -0.1) is 0 Å². The summed E-state index contributed by atoms with van der Waals surface area (Å²) in [5.74, 6) is 0.967. The quantitative estimate of drug-likeness (QED) is 0.572. The van der Waals surface area contributed by atoms with Crippen molar-refractivity contribution in [1.29, 1.82) is 0 Å². The Balaban J connectivity index is 1.89. The van der Waals surface area contributed by atoms with E-state index in [1.54, 1.807) is 0 Å². The molecule has 2 aromatic carbocycles. The SMILES string of the molecule is CCCCCCCOc1ccc2cccc(Br)c2c1. The van der Waals surface area contributed by atoms with Gasteiger partial charge in [0.05, 0.1) is 6.61 Å². The van der Waals surface area contributed by atoms with Crippen LogP contribution in [-0.4, -0.2) is 6.61 Å². The second kappa shape index (κ2) is 7.54. The van der Waals surface area contributed by atoms with Gasteiger partial charge in [0.15, 0.2) is 0 Å². The van der Waals surface area contributed by atoms with Crippen LogP contribution in [0.2, 0.25) is 0 Å². The minimum absolute atomic E-state index is 0.819. The molecule has 0 saturated carbocycles. The average Bonchev–Trinajstić information content (AvgIpc) is 2.43. The van der Waals surface area contributed by atoms with E-state index in [1.807, 2.05) is 0 Å². The highest BCUT2D eigenvalue weighted by Gasteiger charge is 2.00. The molecule has 0 aliphatic carbocycles. The van der Waals surface area contributed by atoms with Crippen LogP contribution < -0.4 is 4.74 Å². The van der Waals surface area contributed by atoms with E-state index >= 15 is 0 Å². The monoisotopic (exact) mass is 320 g/mol. The van der Waals surface area contributed by atoms with Crippen molar-refractivity contribution in [2.24, 2.45) is 0 Å². The van der Waals surface area contributed by atoms with E-state index in [0.717, 1.165) is 23.2 Å². The van der Waals surface area contributed by atoms with Crippen molar-refractivity contribution in [3.63, 3.8) is 0 Å². The maximum absolute atomic E-state index is 5.83. The summed E-state index contributed by atoms with van der Waals surface area (Å²) in [6, 6.07) is 12.5. The minimum atomic E-state index is 0.819. The van der Waals surface area contributed by atoms with Crippen LogP contribution in [-0.2, 0) is 0 Å². The highest BCUT2D eigenvalue weighted by atomic mass is 79.9. The van der Waals surface area contributed by atoms with E-state index in [9.17, 15) is 0 Å². The molecule has 2 rings (SSSR count).